The first-order valence-electron chi connectivity index (χ1n) is 4.04. The van der Waals surface area contributed by atoms with Gasteiger partial charge in [0.15, 0.2) is 5.03 Å². The molecular weight excluding hydrogens is 186 g/mol. The van der Waals surface area contributed by atoms with Crippen molar-refractivity contribution in [1.29, 1.82) is 0 Å². The lowest BCUT2D eigenvalue weighted by atomic mass is 10.5. The molecule has 0 aromatic heterocycles. The maximum Gasteiger partial charge on any atom is 0.293 e. The second-order valence-corrected chi connectivity index (χ2v) is 2.23. The Bertz CT molecular complexity index is 271. The molecular formula is C7H13N5O2. The van der Waals surface area contributed by atoms with Crippen LogP contribution in [0.3, 0.4) is 0 Å². The molecule has 7 heteroatoms. The van der Waals surface area contributed by atoms with Crippen molar-refractivity contribution >= 4 is 12.2 Å². The van der Waals surface area contributed by atoms with Crippen LogP contribution in [-0.2, 0) is 0 Å². The molecule has 0 rings (SSSR count). The van der Waals surface area contributed by atoms with Gasteiger partial charge in [-0.15, -0.1) is 0 Å². The van der Waals surface area contributed by atoms with E-state index in [9.17, 15) is 10.1 Å². The summed E-state index contributed by atoms with van der Waals surface area (Å²) in [4.78, 5) is 10.0. The normalized spacial score (nSPS) is 12.6. The van der Waals surface area contributed by atoms with Gasteiger partial charge in [0.2, 0.25) is 0 Å². The molecule has 0 atom stereocenters. The smallest absolute Gasteiger partial charge is 0.293 e. The molecule has 0 aromatic rings. The van der Waals surface area contributed by atoms with E-state index in [1.165, 1.54) is 6.20 Å². The van der Waals surface area contributed by atoms with E-state index >= 15 is 0 Å². The number of rotatable bonds is 4. The van der Waals surface area contributed by atoms with Crippen molar-refractivity contribution in [2.24, 2.45) is 15.9 Å². The molecule has 14 heavy (non-hydrogen) atoms. The van der Waals surface area contributed by atoms with Crippen LogP contribution in [0.25, 0.3) is 0 Å². The Morgan fingerprint density at radius 1 is 1.71 bits per heavy atom. The van der Waals surface area contributed by atoms with Crippen LogP contribution >= 0.6 is 0 Å². The summed E-state index contributed by atoms with van der Waals surface area (Å²) >= 11 is 0. The molecule has 0 heterocycles. The average molecular weight is 199 g/mol. The molecule has 0 saturated carbocycles. The third-order valence-corrected chi connectivity index (χ3v) is 1.10. The van der Waals surface area contributed by atoms with Gasteiger partial charge in [-0.1, -0.05) is 13.0 Å². The molecule has 0 spiro atoms. The van der Waals surface area contributed by atoms with Crippen molar-refractivity contribution in [3.05, 3.63) is 22.4 Å². The molecule has 78 valence electrons. The number of nitrogens with two attached hydrogens (primary N) is 1. The van der Waals surface area contributed by atoms with E-state index in [0.29, 0.717) is 6.42 Å². The lowest BCUT2D eigenvalue weighted by Crippen LogP contribution is -2.30. The fourth-order valence-corrected chi connectivity index (χ4v) is 0.614. The molecule has 0 aromatic carbocycles. The first-order chi connectivity index (χ1) is 6.61. The monoisotopic (exact) mass is 199 g/mol. The van der Waals surface area contributed by atoms with Crippen LogP contribution in [-0.4, -0.2) is 22.2 Å². The standard InChI is InChI=1S/C7H13N5O2/c1-3-5-9-11(6-4-2)7(8)10-12(13)14/h4-6H,3H2,1-2H3,(H2,8,10)/b6-4+,9-5+. The number of hydrazone groups is 2. The highest BCUT2D eigenvalue weighted by molar-refractivity contribution is 5.79. The molecule has 0 aliphatic carbocycles. The molecule has 0 amide bonds. The van der Waals surface area contributed by atoms with Crippen molar-refractivity contribution < 1.29 is 5.03 Å². The van der Waals surface area contributed by atoms with E-state index in [1.807, 2.05) is 6.92 Å². The third kappa shape index (κ3) is 4.86. The Morgan fingerprint density at radius 3 is 2.79 bits per heavy atom. The quantitative estimate of drug-likeness (QED) is 0.312. The fourth-order valence-electron chi connectivity index (χ4n) is 0.614. The van der Waals surface area contributed by atoms with Gasteiger partial charge in [-0.25, -0.2) is 15.1 Å². The largest absolute Gasteiger partial charge is 0.363 e. The lowest BCUT2D eigenvalue weighted by Gasteiger charge is -2.08. The zero-order chi connectivity index (χ0) is 11.0. The Balaban J connectivity index is 4.64. The van der Waals surface area contributed by atoms with Gasteiger partial charge >= 0.3 is 0 Å². The van der Waals surface area contributed by atoms with Gasteiger partial charge < -0.3 is 5.73 Å². The van der Waals surface area contributed by atoms with Crippen molar-refractivity contribution in [3.63, 3.8) is 0 Å². The van der Waals surface area contributed by atoms with Crippen LogP contribution in [0.5, 0.6) is 0 Å². The summed E-state index contributed by atoms with van der Waals surface area (Å²) in [5.74, 6) is -0.280. The second-order valence-electron chi connectivity index (χ2n) is 2.23. The number of nitrogens with zero attached hydrogens (tertiary/aromatic N) is 4. The number of hydrogen-bond acceptors (Lipinski definition) is 3. The maximum absolute atomic E-state index is 10.0. The average Bonchev–Trinajstić information content (AvgIpc) is 2.10. The van der Waals surface area contributed by atoms with Gasteiger partial charge in [-0.3, -0.25) is 0 Å². The van der Waals surface area contributed by atoms with Gasteiger partial charge in [0.25, 0.3) is 5.96 Å². The van der Waals surface area contributed by atoms with Crippen LogP contribution < -0.4 is 5.73 Å². The maximum atomic E-state index is 10.0. The van der Waals surface area contributed by atoms with E-state index in [0.717, 1.165) is 5.01 Å². The predicted molar refractivity (Wildman–Crippen MR) is 54.1 cm³/mol. The molecule has 2 N–H and O–H groups in total. The molecule has 0 saturated heterocycles. The molecule has 7 nitrogen and oxygen atoms in total. The number of hydrogen-bond donors (Lipinski definition) is 1. The zero-order valence-corrected chi connectivity index (χ0v) is 8.12. The van der Waals surface area contributed by atoms with E-state index in [-0.39, 0.29) is 5.96 Å². The molecule has 0 radical (unpaired) electrons. The summed E-state index contributed by atoms with van der Waals surface area (Å²) in [6.07, 6.45) is 5.41. The number of allylic oxidation sites excluding steroid dienone is 1. The van der Waals surface area contributed by atoms with Crippen LogP contribution in [0.4, 0.5) is 0 Å². The summed E-state index contributed by atoms with van der Waals surface area (Å²) in [7, 11) is 0. The van der Waals surface area contributed by atoms with E-state index in [1.54, 1.807) is 19.2 Å². The molecule has 0 bridgehead atoms. The topological polar surface area (TPSA) is 97.1 Å². The summed E-state index contributed by atoms with van der Waals surface area (Å²) in [5, 5.41) is 17.1. The molecule has 0 aliphatic rings. The SMILES string of the molecule is C/C=C/N(/N=C/CC)/C(N)=N\[N+](=O)[O-]. The minimum Gasteiger partial charge on any atom is -0.363 e. The van der Waals surface area contributed by atoms with Gasteiger partial charge in [0, 0.05) is 12.4 Å². The van der Waals surface area contributed by atoms with Gasteiger partial charge in [0.1, 0.15) is 5.10 Å². The second kappa shape index (κ2) is 6.58. The first kappa shape index (κ1) is 12.1. The summed E-state index contributed by atoms with van der Waals surface area (Å²) in [5.41, 5.74) is 5.31. The Labute approximate surface area is 81.7 Å². The zero-order valence-electron chi connectivity index (χ0n) is 8.12. The highest BCUT2D eigenvalue weighted by Crippen LogP contribution is 1.91. The first-order valence-corrected chi connectivity index (χ1v) is 4.04. The number of guanidine groups is 1. The molecule has 0 fully saturated rings. The Kier molecular flexibility index (Phi) is 5.68. The number of nitro groups is 1. The summed E-state index contributed by atoms with van der Waals surface area (Å²) < 4.78 is 0. The fraction of sp³-hybridized carbons (Fsp3) is 0.429. The van der Waals surface area contributed by atoms with Gasteiger partial charge in [0.05, 0.1) is 0 Å². The predicted octanol–water partition coefficient (Wildman–Crippen LogP) is 0.724. The van der Waals surface area contributed by atoms with E-state index in [2.05, 4.69) is 10.2 Å². The molecule has 0 unspecified atom stereocenters. The van der Waals surface area contributed by atoms with Crippen molar-refractivity contribution in [1.82, 2.24) is 5.01 Å². The summed E-state index contributed by atoms with van der Waals surface area (Å²) in [6.45, 7) is 3.63. The van der Waals surface area contributed by atoms with Crippen molar-refractivity contribution in [2.75, 3.05) is 0 Å². The van der Waals surface area contributed by atoms with Crippen LogP contribution in [0.15, 0.2) is 22.5 Å². The Morgan fingerprint density at radius 2 is 2.36 bits per heavy atom. The highest BCUT2D eigenvalue weighted by Gasteiger charge is 2.05. The van der Waals surface area contributed by atoms with Crippen molar-refractivity contribution in [2.45, 2.75) is 20.3 Å². The highest BCUT2D eigenvalue weighted by atomic mass is 16.7. The van der Waals surface area contributed by atoms with E-state index < -0.39 is 5.03 Å². The van der Waals surface area contributed by atoms with Crippen LogP contribution in [0.2, 0.25) is 0 Å². The minimum absolute atomic E-state index is 0.280. The van der Waals surface area contributed by atoms with Crippen LogP contribution in [0, 0.1) is 10.1 Å². The van der Waals surface area contributed by atoms with Crippen LogP contribution in [0.1, 0.15) is 20.3 Å². The molecule has 0 aliphatic heterocycles. The lowest BCUT2D eigenvalue weighted by molar-refractivity contribution is -0.485. The van der Waals surface area contributed by atoms with E-state index in [4.69, 9.17) is 5.73 Å². The van der Waals surface area contributed by atoms with Gasteiger partial charge in [-0.2, -0.15) is 5.10 Å². The van der Waals surface area contributed by atoms with Crippen molar-refractivity contribution in [3.8, 4) is 0 Å². The van der Waals surface area contributed by atoms with Gasteiger partial charge in [-0.05, 0) is 13.3 Å². The summed E-state index contributed by atoms with van der Waals surface area (Å²) in [6, 6.07) is 0. The Hall–Kier alpha value is -1.92. The minimum atomic E-state index is -0.868. The third-order valence-electron chi connectivity index (χ3n) is 1.10.